The van der Waals surface area contributed by atoms with Crippen LogP contribution in [0.15, 0.2) is 30.3 Å². The highest BCUT2D eigenvalue weighted by atomic mass is 35.5. The molecule has 1 fully saturated rings. The van der Waals surface area contributed by atoms with Crippen LogP contribution < -0.4 is 5.73 Å². The minimum absolute atomic E-state index is 0.349. The van der Waals surface area contributed by atoms with Gasteiger partial charge in [-0.15, -0.1) is 0 Å². The van der Waals surface area contributed by atoms with Gasteiger partial charge in [-0.1, -0.05) is 43.0 Å². The number of nitrogens with zero attached hydrogens (tertiary/aromatic N) is 2. The zero-order valence-electron chi connectivity index (χ0n) is 10.6. The van der Waals surface area contributed by atoms with Gasteiger partial charge in [0.25, 0.3) is 0 Å². The minimum Gasteiger partial charge on any atom is -0.368 e. The molecular weight excluding hydrogens is 258 g/mol. The van der Waals surface area contributed by atoms with Crippen LogP contribution in [-0.2, 0) is 6.42 Å². The van der Waals surface area contributed by atoms with Gasteiger partial charge in [-0.25, -0.2) is 9.97 Å². The van der Waals surface area contributed by atoms with Gasteiger partial charge in [0, 0.05) is 16.3 Å². The van der Waals surface area contributed by atoms with E-state index in [1.807, 2.05) is 30.3 Å². The van der Waals surface area contributed by atoms with Crippen LogP contribution in [0.4, 0.5) is 5.95 Å². The van der Waals surface area contributed by atoms with Crippen molar-refractivity contribution in [2.24, 2.45) is 5.92 Å². The average molecular weight is 274 g/mol. The van der Waals surface area contributed by atoms with Crippen molar-refractivity contribution in [3.05, 3.63) is 41.0 Å². The summed E-state index contributed by atoms with van der Waals surface area (Å²) in [6.45, 7) is 0. The molecule has 1 aliphatic rings. The zero-order chi connectivity index (χ0) is 13.2. The molecule has 98 valence electrons. The summed E-state index contributed by atoms with van der Waals surface area (Å²) < 4.78 is 0. The molecule has 0 radical (unpaired) electrons. The standard InChI is InChI=1S/C15H16ClN3/c16-12-6-4-11(5-7-12)14-9-13(18-15(17)19-14)8-10-2-1-3-10/h4-7,9-10H,1-3,8H2,(H2,17,18,19). The topological polar surface area (TPSA) is 51.8 Å². The summed E-state index contributed by atoms with van der Waals surface area (Å²) in [5.41, 5.74) is 8.75. The van der Waals surface area contributed by atoms with Gasteiger partial charge < -0.3 is 5.73 Å². The highest BCUT2D eigenvalue weighted by molar-refractivity contribution is 6.30. The van der Waals surface area contributed by atoms with Crippen molar-refractivity contribution >= 4 is 17.5 Å². The molecule has 0 saturated heterocycles. The molecule has 1 aromatic heterocycles. The van der Waals surface area contributed by atoms with E-state index in [9.17, 15) is 0 Å². The van der Waals surface area contributed by atoms with E-state index < -0.39 is 0 Å². The van der Waals surface area contributed by atoms with Crippen molar-refractivity contribution in [1.29, 1.82) is 0 Å². The molecule has 0 bridgehead atoms. The quantitative estimate of drug-likeness (QED) is 0.927. The van der Waals surface area contributed by atoms with Crippen LogP contribution in [-0.4, -0.2) is 9.97 Å². The molecule has 0 spiro atoms. The maximum absolute atomic E-state index is 5.90. The van der Waals surface area contributed by atoms with Crippen LogP contribution in [0.2, 0.25) is 5.02 Å². The first-order valence-electron chi connectivity index (χ1n) is 6.60. The lowest BCUT2D eigenvalue weighted by Crippen LogP contribution is -2.15. The van der Waals surface area contributed by atoms with Crippen LogP contribution in [0.25, 0.3) is 11.3 Å². The van der Waals surface area contributed by atoms with E-state index in [0.29, 0.717) is 5.95 Å². The summed E-state index contributed by atoms with van der Waals surface area (Å²) in [6.07, 6.45) is 4.96. The van der Waals surface area contributed by atoms with Crippen LogP contribution in [0.3, 0.4) is 0 Å². The Kier molecular flexibility index (Phi) is 3.38. The normalized spacial score (nSPS) is 15.2. The van der Waals surface area contributed by atoms with Crippen LogP contribution in [0.5, 0.6) is 0 Å². The molecule has 0 amide bonds. The highest BCUT2D eigenvalue weighted by Crippen LogP contribution is 2.30. The second kappa shape index (κ2) is 5.17. The first-order chi connectivity index (χ1) is 9.20. The number of benzene rings is 1. The summed E-state index contributed by atoms with van der Waals surface area (Å²) in [5, 5.41) is 0.723. The van der Waals surface area contributed by atoms with Gasteiger partial charge in [0.1, 0.15) is 0 Å². The van der Waals surface area contributed by atoms with Crippen molar-refractivity contribution in [2.75, 3.05) is 5.73 Å². The molecule has 1 heterocycles. The maximum atomic E-state index is 5.90. The van der Waals surface area contributed by atoms with Gasteiger partial charge in [-0.3, -0.25) is 0 Å². The van der Waals surface area contributed by atoms with E-state index in [4.69, 9.17) is 17.3 Å². The molecule has 0 unspecified atom stereocenters. The molecule has 0 atom stereocenters. The molecule has 3 rings (SSSR count). The Labute approximate surface area is 117 Å². The van der Waals surface area contributed by atoms with Crippen molar-refractivity contribution in [2.45, 2.75) is 25.7 Å². The van der Waals surface area contributed by atoms with Crippen LogP contribution >= 0.6 is 11.6 Å². The van der Waals surface area contributed by atoms with E-state index in [2.05, 4.69) is 9.97 Å². The molecule has 1 saturated carbocycles. The lowest BCUT2D eigenvalue weighted by molar-refractivity contribution is 0.312. The number of hydrogen-bond acceptors (Lipinski definition) is 3. The van der Waals surface area contributed by atoms with Crippen molar-refractivity contribution < 1.29 is 0 Å². The van der Waals surface area contributed by atoms with Crippen LogP contribution in [0.1, 0.15) is 25.0 Å². The number of halogens is 1. The lowest BCUT2D eigenvalue weighted by Gasteiger charge is -2.24. The summed E-state index contributed by atoms with van der Waals surface area (Å²) in [4.78, 5) is 8.65. The second-order valence-corrected chi connectivity index (χ2v) is 5.55. The monoisotopic (exact) mass is 273 g/mol. The van der Waals surface area contributed by atoms with E-state index in [-0.39, 0.29) is 0 Å². The van der Waals surface area contributed by atoms with E-state index >= 15 is 0 Å². The number of nitrogen functional groups attached to an aromatic ring is 1. The van der Waals surface area contributed by atoms with Gasteiger partial charge in [-0.05, 0) is 30.5 Å². The Morgan fingerprint density at radius 2 is 1.89 bits per heavy atom. The molecule has 1 aliphatic carbocycles. The molecule has 0 aliphatic heterocycles. The fourth-order valence-corrected chi connectivity index (χ4v) is 2.51. The summed E-state index contributed by atoms with van der Waals surface area (Å²) in [5.74, 6) is 1.12. The maximum Gasteiger partial charge on any atom is 0.220 e. The van der Waals surface area contributed by atoms with Gasteiger partial charge in [0.15, 0.2) is 0 Å². The number of anilines is 1. The predicted molar refractivity (Wildman–Crippen MR) is 77.9 cm³/mol. The zero-order valence-corrected chi connectivity index (χ0v) is 11.4. The fourth-order valence-electron chi connectivity index (χ4n) is 2.38. The second-order valence-electron chi connectivity index (χ2n) is 5.11. The fraction of sp³-hybridized carbons (Fsp3) is 0.333. The van der Waals surface area contributed by atoms with Gasteiger partial charge in [-0.2, -0.15) is 0 Å². The third-order valence-electron chi connectivity index (χ3n) is 3.66. The Bertz CT molecular complexity index is 576. The number of hydrogen-bond donors (Lipinski definition) is 1. The number of rotatable bonds is 3. The predicted octanol–water partition coefficient (Wildman–Crippen LogP) is 3.72. The first kappa shape index (κ1) is 12.4. The van der Waals surface area contributed by atoms with Crippen molar-refractivity contribution in [3.8, 4) is 11.3 Å². The number of nitrogens with two attached hydrogens (primary N) is 1. The Morgan fingerprint density at radius 3 is 2.53 bits per heavy atom. The number of aromatic nitrogens is 2. The smallest absolute Gasteiger partial charge is 0.220 e. The van der Waals surface area contributed by atoms with E-state index in [0.717, 1.165) is 34.3 Å². The SMILES string of the molecule is Nc1nc(CC2CCC2)cc(-c2ccc(Cl)cc2)n1. The third kappa shape index (κ3) is 2.87. The molecule has 2 N–H and O–H groups in total. The third-order valence-corrected chi connectivity index (χ3v) is 3.91. The minimum atomic E-state index is 0.349. The molecule has 2 aromatic rings. The summed E-state index contributed by atoms with van der Waals surface area (Å²) >= 11 is 5.90. The molecule has 1 aromatic carbocycles. The Morgan fingerprint density at radius 1 is 1.16 bits per heavy atom. The lowest BCUT2D eigenvalue weighted by atomic mass is 9.82. The van der Waals surface area contributed by atoms with Crippen LogP contribution in [0, 0.1) is 5.92 Å². The van der Waals surface area contributed by atoms with E-state index in [1.165, 1.54) is 19.3 Å². The first-order valence-corrected chi connectivity index (χ1v) is 6.98. The molecular formula is C15H16ClN3. The average Bonchev–Trinajstić information content (AvgIpc) is 2.34. The van der Waals surface area contributed by atoms with Crippen molar-refractivity contribution in [3.63, 3.8) is 0 Å². The van der Waals surface area contributed by atoms with Gasteiger partial charge >= 0.3 is 0 Å². The Hall–Kier alpha value is -1.61. The van der Waals surface area contributed by atoms with Crippen molar-refractivity contribution in [1.82, 2.24) is 9.97 Å². The largest absolute Gasteiger partial charge is 0.368 e. The molecule has 4 heteroatoms. The van der Waals surface area contributed by atoms with Gasteiger partial charge in [0.05, 0.1) is 5.69 Å². The molecule has 3 nitrogen and oxygen atoms in total. The highest BCUT2D eigenvalue weighted by Gasteiger charge is 2.19. The summed E-state index contributed by atoms with van der Waals surface area (Å²) in [7, 11) is 0. The van der Waals surface area contributed by atoms with Gasteiger partial charge in [0.2, 0.25) is 5.95 Å². The summed E-state index contributed by atoms with van der Waals surface area (Å²) in [6, 6.07) is 9.67. The van der Waals surface area contributed by atoms with E-state index in [1.54, 1.807) is 0 Å². The Balaban J connectivity index is 1.89. The molecule has 19 heavy (non-hydrogen) atoms.